The number of amides is 1. The zero-order chi connectivity index (χ0) is 19.1. The number of rotatable bonds is 4. The first-order valence-electron chi connectivity index (χ1n) is 8.01. The molecular weight excluding hydrogens is 376 g/mol. The highest BCUT2D eigenvalue weighted by atomic mass is 35.5. The Morgan fingerprint density at radius 3 is 2.54 bits per heavy atom. The molecule has 2 aromatic carbocycles. The largest absolute Gasteiger partial charge is 0.480 e. The molecule has 2 N–H and O–H groups in total. The molecule has 8 heteroatoms. The van der Waals surface area contributed by atoms with Gasteiger partial charge in [0.2, 0.25) is 10.0 Å². The number of hydrogen-bond donors (Lipinski definition) is 1. The van der Waals surface area contributed by atoms with Crippen LogP contribution in [0, 0.1) is 0 Å². The number of nitrogens with two attached hydrogens (primary N) is 1. The zero-order valence-electron chi connectivity index (χ0n) is 14.3. The van der Waals surface area contributed by atoms with Gasteiger partial charge in [0.05, 0.1) is 10.9 Å². The van der Waals surface area contributed by atoms with Gasteiger partial charge >= 0.3 is 0 Å². The van der Waals surface area contributed by atoms with Gasteiger partial charge in [-0.3, -0.25) is 4.79 Å². The smallest absolute Gasteiger partial charge is 0.264 e. The number of hydrogen-bond acceptors (Lipinski definition) is 4. The molecule has 0 radical (unpaired) electrons. The first-order chi connectivity index (χ1) is 12.2. The highest BCUT2D eigenvalue weighted by Gasteiger charge is 2.33. The van der Waals surface area contributed by atoms with Crippen molar-refractivity contribution in [3.63, 3.8) is 0 Å². The molecule has 0 bridgehead atoms. The van der Waals surface area contributed by atoms with Crippen molar-refractivity contribution in [3.8, 4) is 5.75 Å². The van der Waals surface area contributed by atoms with Crippen LogP contribution in [0.1, 0.15) is 24.1 Å². The van der Waals surface area contributed by atoms with Crippen LogP contribution in [-0.4, -0.2) is 32.4 Å². The predicted molar refractivity (Wildman–Crippen MR) is 98.6 cm³/mol. The SMILES string of the molecule is C[C@H](c1ccc(S(N)(=O)=O)cc1)N(C)C(=O)[C@@H]1Cc2cc(Cl)ccc2O1. The molecule has 0 saturated heterocycles. The van der Waals surface area contributed by atoms with Crippen LogP contribution in [0.4, 0.5) is 0 Å². The van der Waals surface area contributed by atoms with Crippen molar-refractivity contribution < 1.29 is 17.9 Å². The summed E-state index contributed by atoms with van der Waals surface area (Å²) in [5, 5.41) is 5.72. The fourth-order valence-corrected chi connectivity index (χ4v) is 3.64. The van der Waals surface area contributed by atoms with E-state index in [1.54, 1.807) is 42.3 Å². The summed E-state index contributed by atoms with van der Waals surface area (Å²) in [5.41, 5.74) is 1.71. The van der Waals surface area contributed by atoms with Crippen molar-refractivity contribution in [2.75, 3.05) is 7.05 Å². The van der Waals surface area contributed by atoms with Crippen LogP contribution >= 0.6 is 11.6 Å². The number of likely N-dealkylation sites (N-methyl/N-ethyl adjacent to an activating group) is 1. The zero-order valence-corrected chi connectivity index (χ0v) is 15.9. The van der Waals surface area contributed by atoms with Gasteiger partial charge in [0.25, 0.3) is 5.91 Å². The molecule has 3 rings (SSSR count). The molecule has 138 valence electrons. The summed E-state index contributed by atoms with van der Waals surface area (Å²) in [6, 6.07) is 11.2. The van der Waals surface area contributed by atoms with Crippen LogP contribution < -0.4 is 9.88 Å². The number of ether oxygens (including phenoxy) is 1. The molecule has 2 atom stereocenters. The number of carbonyl (C=O) groups is 1. The van der Waals surface area contributed by atoms with Crippen LogP contribution in [0.15, 0.2) is 47.4 Å². The Morgan fingerprint density at radius 2 is 1.92 bits per heavy atom. The third-order valence-corrected chi connectivity index (χ3v) is 5.76. The first-order valence-corrected chi connectivity index (χ1v) is 9.94. The van der Waals surface area contributed by atoms with Crippen molar-refractivity contribution in [2.45, 2.75) is 30.4 Å². The van der Waals surface area contributed by atoms with E-state index in [4.69, 9.17) is 21.5 Å². The summed E-state index contributed by atoms with van der Waals surface area (Å²) < 4.78 is 28.4. The fraction of sp³-hybridized carbons (Fsp3) is 0.278. The molecule has 6 nitrogen and oxygen atoms in total. The van der Waals surface area contributed by atoms with Crippen LogP contribution in [0.3, 0.4) is 0 Å². The van der Waals surface area contributed by atoms with Gasteiger partial charge in [0, 0.05) is 18.5 Å². The van der Waals surface area contributed by atoms with Gasteiger partial charge in [0.15, 0.2) is 6.10 Å². The van der Waals surface area contributed by atoms with Crippen LogP contribution in [-0.2, 0) is 21.2 Å². The average Bonchev–Trinajstić information content (AvgIpc) is 3.02. The molecule has 1 heterocycles. The number of primary sulfonamides is 1. The maximum Gasteiger partial charge on any atom is 0.264 e. The summed E-state index contributed by atoms with van der Waals surface area (Å²) in [4.78, 5) is 14.4. The van der Waals surface area contributed by atoms with Crippen molar-refractivity contribution in [1.29, 1.82) is 0 Å². The number of carbonyl (C=O) groups excluding carboxylic acids is 1. The highest BCUT2D eigenvalue weighted by molar-refractivity contribution is 7.89. The van der Waals surface area contributed by atoms with Crippen LogP contribution in [0.5, 0.6) is 5.75 Å². The Hall–Kier alpha value is -2.09. The second-order valence-corrected chi connectivity index (χ2v) is 8.30. The van der Waals surface area contributed by atoms with Gasteiger partial charge in [-0.15, -0.1) is 0 Å². The van der Waals surface area contributed by atoms with Crippen molar-refractivity contribution in [3.05, 3.63) is 58.6 Å². The van der Waals surface area contributed by atoms with E-state index in [0.29, 0.717) is 17.2 Å². The van der Waals surface area contributed by atoms with E-state index in [1.165, 1.54) is 12.1 Å². The van der Waals surface area contributed by atoms with Gasteiger partial charge in [-0.05, 0) is 48.4 Å². The van der Waals surface area contributed by atoms with Crippen molar-refractivity contribution in [2.24, 2.45) is 5.14 Å². The summed E-state index contributed by atoms with van der Waals surface area (Å²) in [5.74, 6) is 0.520. The second-order valence-electron chi connectivity index (χ2n) is 6.30. The number of halogens is 1. The Labute approximate surface area is 157 Å². The lowest BCUT2D eigenvalue weighted by Crippen LogP contribution is -2.40. The monoisotopic (exact) mass is 394 g/mol. The topological polar surface area (TPSA) is 89.7 Å². The molecule has 0 saturated carbocycles. The van der Waals surface area contributed by atoms with Gasteiger partial charge in [-0.25, -0.2) is 13.6 Å². The van der Waals surface area contributed by atoms with E-state index in [9.17, 15) is 13.2 Å². The van der Waals surface area contributed by atoms with E-state index in [1.807, 2.05) is 6.92 Å². The normalized spacial score (nSPS) is 17.3. The molecule has 0 aromatic heterocycles. The van der Waals surface area contributed by atoms with Crippen LogP contribution in [0.25, 0.3) is 0 Å². The summed E-state index contributed by atoms with van der Waals surface area (Å²) in [6.07, 6.45) is -0.129. The lowest BCUT2D eigenvalue weighted by Gasteiger charge is -2.27. The summed E-state index contributed by atoms with van der Waals surface area (Å²) >= 11 is 5.99. The van der Waals surface area contributed by atoms with E-state index < -0.39 is 16.1 Å². The molecule has 1 aliphatic heterocycles. The molecule has 0 fully saturated rings. The number of fused-ring (bicyclic) bond motifs is 1. The van der Waals surface area contributed by atoms with Gasteiger partial charge in [0.1, 0.15) is 5.75 Å². The van der Waals surface area contributed by atoms with E-state index in [-0.39, 0.29) is 16.8 Å². The maximum atomic E-state index is 12.8. The lowest BCUT2D eigenvalue weighted by atomic mass is 10.1. The van der Waals surface area contributed by atoms with Crippen molar-refractivity contribution in [1.82, 2.24) is 4.90 Å². The first kappa shape index (κ1) is 18.7. The average molecular weight is 395 g/mol. The second kappa shape index (κ2) is 6.90. The molecule has 26 heavy (non-hydrogen) atoms. The quantitative estimate of drug-likeness (QED) is 0.862. The van der Waals surface area contributed by atoms with Crippen molar-refractivity contribution >= 4 is 27.5 Å². The van der Waals surface area contributed by atoms with E-state index in [2.05, 4.69) is 0 Å². The molecular formula is C18H19ClN2O4S. The van der Waals surface area contributed by atoms with Gasteiger partial charge in [-0.2, -0.15) is 0 Å². The third-order valence-electron chi connectivity index (χ3n) is 4.59. The Balaban J connectivity index is 1.72. The predicted octanol–water partition coefficient (Wildman–Crippen LogP) is 2.51. The Bertz CT molecular complexity index is 944. The van der Waals surface area contributed by atoms with Gasteiger partial charge < -0.3 is 9.64 Å². The minimum Gasteiger partial charge on any atom is -0.480 e. The standard InChI is InChI=1S/C18H19ClN2O4S/c1-11(12-3-6-15(7-4-12)26(20,23)24)21(2)18(22)17-10-13-9-14(19)5-8-16(13)25-17/h3-9,11,17H,10H2,1-2H3,(H2,20,23,24)/t11-,17+/m1/s1. The molecule has 0 unspecified atom stereocenters. The molecule has 0 aliphatic carbocycles. The van der Waals surface area contributed by atoms with Gasteiger partial charge in [-0.1, -0.05) is 23.7 Å². The molecule has 2 aromatic rings. The number of sulfonamides is 1. The Kier molecular flexibility index (Phi) is 4.96. The Morgan fingerprint density at radius 1 is 1.27 bits per heavy atom. The lowest BCUT2D eigenvalue weighted by molar-refractivity contribution is -0.138. The summed E-state index contributed by atoms with van der Waals surface area (Å²) in [7, 11) is -2.05. The third kappa shape index (κ3) is 3.70. The molecule has 0 spiro atoms. The minimum absolute atomic E-state index is 0.0360. The fourth-order valence-electron chi connectivity index (χ4n) is 2.93. The van der Waals surface area contributed by atoms with Crippen LogP contribution in [0.2, 0.25) is 5.02 Å². The number of nitrogens with zero attached hydrogens (tertiary/aromatic N) is 1. The summed E-state index contributed by atoms with van der Waals surface area (Å²) in [6.45, 7) is 1.86. The molecule has 1 aliphatic rings. The van der Waals surface area contributed by atoms with E-state index in [0.717, 1.165) is 11.1 Å². The number of benzene rings is 2. The van der Waals surface area contributed by atoms with E-state index >= 15 is 0 Å². The molecule has 1 amide bonds. The minimum atomic E-state index is -3.74. The highest BCUT2D eigenvalue weighted by Crippen LogP contribution is 2.32. The maximum absolute atomic E-state index is 12.8.